The Hall–Kier alpha value is 0.0700. The summed E-state index contributed by atoms with van der Waals surface area (Å²) in [6, 6.07) is 0. The van der Waals surface area contributed by atoms with E-state index in [1.165, 1.54) is 0 Å². The molecule has 1 unspecified atom stereocenters. The van der Waals surface area contributed by atoms with E-state index in [4.69, 9.17) is 4.74 Å². The Morgan fingerprint density at radius 3 is 2.53 bits per heavy atom. The fraction of sp³-hybridized carbons (Fsp3) is 1.00. The number of morpholine rings is 1. The van der Waals surface area contributed by atoms with Crippen LogP contribution in [-0.2, 0) is 9.30 Å². The number of nitrogens with zero attached hydrogens (tertiary/aromatic N) is 1. The van der Waals surface area contributed by atoms with Crippen molar-refractivity contribution in [3.05, 3.63) is 0 Å². The van der Waals surface area contributed by atoms with Crippen molar-refractivity contribution in [2.24, 2.45) is 0 Å². The van der Waals surface area contributed by atoms with Crippen LogP contribution >= 0.6 is 7.37 Å². The predicted molar refractivity (Wildman–Crippen MR) is 65.3 cm³/mol. The molecule has 2 fully saturated rings. The van der Waals surface area contributed by atoms with Crippen LogP contribution < -0.4 is 0 Å². The van der Waals surface area contributed by atoms with Gasteiger partial charge in [-0.3, -0.25) is 9.46 Å². The number of hydrogen-bond acceptors (Lipinski definition) is 4. The molecule has 17 heavy (non-hydrogen) atoms. The molecule has 1 heterocycles. The quantitative estimate of drug-likeness (QED) is 0.739. The molecule has 0 radical (unpaired) electrons. The topological polar surface area (TPSA) is 70.0 Å². The monoisotopic (exact) mass is 263 g/mol. The minimum Gasteiger partial charge on any atom is -0.392 e. The van der Waals surface area contributed by atoms with Gasteiger partial charge in [0.1, 0.15) is 0 Å². The standard InChI is InChI=1S/C11H22NO4P/c13-10-3-1-2-4-11(10)17(14,15)9-12-5-7-16-8-6-12/h10-11,13H,1-9H2,(H,14,15)/t10-,11-/m1/s1. The number of hydrogen-bond donors (Lipinski definition) is 2. The van der Waals surface area contributed by atoms with E-state index in [0.717, 1.165) is 12.8 Å². The van der Waals surface area contributed by atoms with Crippen molar-refractivity contribution in [1.29, 1.82) is 0 Å². The minimum atomic E-state index is -3.27. The van der Waals surface area contributed by atoms with Gasteiger partial charge in [-0.05, 0) is 12.8 Å². The van der Waals surface area contributed by atoms with E-state index in [-0.39, 0.29) is 6.29 Å². The molecule has 0 amide bonds. The van der Waals surface area contributed by atoms with Gasteiger partial charge in [-0.25, -0.2) is 0 Å². The molecule has 0 spiro atoms. The van der Waals surface area contributed by atoms with Crippen molar-refractivity contribution in [3.8, 4) is 0 Å². The molecule has 0 aromatic carbocycles. The fourth-order valence-electron chi connectivity index (χ4n) is 2.70. The van der Waals surface area contributed by atoms with Crippen LogP contribution in [0.2, 0.25) is 0 Å². The SMILES string of the molecule is O=P(O)(CN1CCOCC1)[C@@H]1CCCC[C@H]1O. The Kier molecular flexibility index (Phi) is 4.61. The molecule has 2 N–H and O–H groups in total. The van der Waals surface area contributed by atoms with Gasteiger partial charge in [-0.1, -0.05) is 12.8 Å². The van der Waals surface area contributed by atoms with Gasteiger partial charge in [0.05, 0.1) is 31.3 Å². The summed E-state index contributed by atoms with van der Waals surface area (Å²) in [5.74, 6) is 0. The summed E-state index contributed by atoms with van der Waals surface area (Å²) in [6.45, 7) is 2.70. The van der Waals surface area contributed by atoms with Crippen LogP contribution in [0.15, 0.2) is 0 Å². The summed E-state index contributed by atoms with van der Waals surface area (Å²) in [7, 11) is -3.27. The van der Waals surface area contributed by atoms with Crippen molar-refractivity contribution in [3.63, 3.8) is 0 Å². The number of aliphatic hydroxyl groups excluding tert-OH is 1. The first kappa shape index (κ1) is 13.5. The highest BCUT2D eigenvalue weighted by atomic mass is 31.2. The lowest BCUT2D eigenvalue weighted by atomic mass is 9.97. The highest BCUT2D eigenvalue weighted by molar-refractivity contribution is 7.58. The van der Waals surface area contributed by atoms with Crippen molar-refractivity contribution in [2.75, 3.05) is 32.6 Å². The molecule has 100 valence electrons. The molecule has 2 rings (SSSR count). The Morgan fingerprint density at radius 1 is 1.24 bits per heavy atom. The first-order valence-corrected chi connectivity index (χ1v) is 8.31. The van der Waals surface area contributed by atoms with Gasteiger partial charge in [0.15, 0.2) is 0 Å². The molecular formula is C11H22NO4P. The summed E-state index contributed by atoms with van der Waals surface area (Å²) in [5.41, 5.74) is -0.418. The Labute approximate surface area is 102 Å². The van der Waals surface area contributed by atoms with Crippen molar-refractivity contribution in [2.45, 2.75) is 37.4 Å². The summed E-state index contributed by atoms with van der Waals surface area (Å²) in [5, 5.41) is 9.86. The number of ether oxygens (including phenoxy) is 1. The smallest absolute Gasteiger partial charge is 0.219 e. The Balaban J connectivity index is 1.94. The molecule has 1 saturated carbocycles. The van der Waals surface area contributed by atoms with Crippen LogP contribution in [0.25, 0.3) is 0 Å². The van der Waals surface area contributed by atoms with Gasteiger partial charge in [-0.15, -0.1) is 0 Å². The predicted octanol–water partition coefficient (Wildman–Crippen LogP) is 0.850. The molecule has 0 bridgehead atoms. The van der Waals surface area contributed by atoms with E-state index in [2.05, 4.69) is 0 Å². The van der Waals surface area contributed by atoms with Gasteiger partial charge in [-0.2, -0.15) is 0 Å². The average molecular weight is 263 g/mol. The second-order valence-corrected chi connectivity index (χ2v) is 7.50. The summed E-state index contributed by atoms with van der Waals surface area (Å²) in [4.78, 5) is 12.2. The van der Waals surface area contributed by atoms with Gasteiger partial charge in [0, 0.05) is 13.1 Å². The number of aliphatic hydroxyl groups is 1. The first-order chi connectivity index (χ1) is 8.09. The van der Waals surface area contributed by atoms with E-state index >= 15 is 0 Å². The molecule has 0 aromatic rings. The van der Waals surface area contributed by atoms with E-state index in [1.807, 2.05) is 4.90 Å². The van der Waals surface area contributed by atoms with Crippen molar-refractivity contribution < 1.29 is 19.3 Å². The largest absolute Gasteiger partial charge is 0.392 e. The molecule has 0 aromatic heterocycles. The van der Waals surface area contributed by atoms with Crippen LogP contribution in [0.3, 0.4) is 0 Å². The molecule has 2 aliphatic rings. The second-order valence-electron chi connectivity index (χ2n) is 5.05. The maximum atomic E-state index is 12.4. The Morgan fingerprint density at radius 2 is 1.88 bits per heavy atom. The summed E-state index contributed by atoms with van der Waals surface area (Å²) >= 11 is 0. The summed E-state index contributed by atoms with van der Waals surface area (Å²) in [6.07, 6.45) is 2.88. The number of rotatable bonds is 3. The average Bonchev–Trinajstić information content (AvgIpc) is 2.30. The van der Waals surface area contributed by atoms with Gasteiger partial charge in [0.25, 0.3) is 0 Å². The van der Waals surface area contributed by atoms with E-state index in [1.54, 1.807) is 0 Å². The molecule has 1 aliphatic carbocycles. The van der Waals surface area contributed by atoms with Gasteiger partial charge < -0.3 is 14.7 Å². The lowest BCUT2D eigenvalue weighted by Crippen LogP contribution is -2.39. The second kappa shape index (κ2) is 5.81. The van der Waals surface area contributed by atoms with Crippen LogP contribution in [-0.4, -0.2) is 59.3 Å². The van der Waals surface area contributed by atoms with E-state index in [9.17, 15) is 14.6 Å². The lowest BCUT2D eigenvalue weighted by molar-refractivity contribution is 0.0444. The molecular weight excluding hydrogens is 241 g/mol. The molecule has 3 atom stereocenters. The molecule has 1 saturated heterocycles. The Bertz CT molecular complexity index is 293. The maximum Gasteiger partial charge on any atom is 0.219 e. The van der Waals surface area contributed by atoms with Crippen LogP contribution in [0.1, 0.15) is 25.7 Å². The zero-order valence-electron chi connectivity index (χ0n) is 10.1. The third-order valence-corrected chi connectivity index (χ3v) is 6.16. The van der Waals surface area contributed by atoms with Crippen LogP contribution in [0.5, 0.6) is 0 Å². The van der Waals surface area contributed by atoms with Crippen LogP contribution in [0, 0.1) is 0 Å². The van der Waals surface area contributed by atoms with E-state index < -0.39 is 19.1 Å². The highest BCUT2D eigenvalue weighted by Crippen LogP contribution is 2.52. The summed E-state index contributed by atoms with van der Waals surface area (Å²) < 4.78 is 17.6. The third kappa shape index (κ3) is 3.52. The maximum absolute atomic E-state index is 12.4. The fourth-order valence-corrected chi connectivity index (χ4v) is 5.03. The zero-order valence-corrected chi connectivity index (χ0v) is 11.0. The molecule has 5 nitrogen and oxygen atoms in total. The normalized spacial score (nSPS) is 35.4. The van der Waals surface area contributed by atoms with E-state index in [0.29, 0.717) is 39.1 Å². The highest BCUT2D eigenvalue weighted by Gasteiger charge is 2.39. The van der Waals surface area contributed by atoms with Gasteiger partial charge >= 0.3 is 0 Å². The minimum absolute atomic E-state index is 0.206. The molecule has 6 heteroatoms. The van der Waals surface area contributed by atoms with Crippen molar-refractivity contribution in [1.82, 2.24) is 4.90 Å². The van der Waals surface area contributed by atoms with Crippen LogP contribution in [0.4, 0.5) is 0 Å². The molecule has 1 aliphatic heterocycles. The first-order valence-electron chi connectivity index (χ1n) is 6.39. The zero-order chi connectivity index (χ0) is 12.3. The van der Waals surface area contributed by atoms with Crippen molar-refractivity contribution >= 4 is 7.37 Å². The van der Waals surface area contributed by atoms with Gasteiger partial charge in [0.2, 0.25) is 7.37 Å². The lowest BCUT2D eigenvalue weighted by Gasteiger charge is -2.35. The third-order valence-electron chi connectivity index (χ3n) is 3.72.